The van der Waals surface area contributed by atoms with Crippen molar-refractivity contribution in [3.8, 4) is 5.75 Å². The van der Waals surface area contributed by atoms with Gasteiger partial charge in [0.05, 0.1) is 25.7 Å². The van der Waals surface area contributed by atoms with Crippen molar-refractivity contribution in [2.75, 3.05) is 64.3 Å². The standard InChI is InChI=1S/C25H28FN3O5/c1-28(2)25(31)17-10-16(4-5-27-19-12-18(26)13-20(14-19)32-3)24-21(11-17)22(30)15-23(34-24)29-6-8-33-9-7-29/h10-15,27H,4-9H2,1-3H3. The molecule has 9 heteroatoms. The second kappa shape index (κ2) is 10.1. The Morgan fingerprint density at radius 1 is 1.15 bits per heavy atom. The highest BCUT2D eigenvalue weighted by Gasteiger charge is 2.19. The van der Waals surface area contributed by atoms with Crippen LogP contribution < -0.4 is 20.4 Å². The summed E-state index contributed by atoms with van der Waals surface area (Å²) in [5, 5.41) is 3.53. The maximum Gasteiger partial charge on any atom is 0.253 e. The normalized spacial score (nSPS) is 13.7. The molecule has 8 nitrogen and oxygen atoms in total. The first-order valence-corrected chi connectivity index (χ1v) is 11.1. The van der Waals surface area contributed by atoms with Gasteiger partial charge >= 0.3 is 0 Å². The quantitative estimate of drug-likeness (QED) is 0.569. The molecule has 0 atom stereocenters. The first kappa shape index (κ1) is 23.6. The van der Waals surface area contributed by atoms with Crippen LogP contribution in [0.4, 0.5) is 16.0 Å². The number of carbonyl (C=O) groups excluding carboxylic acids is 1. The molecule has 2 heterocycles. The Bertz CT molecular complexity index is 1250. The van der Waals surface area contributed by atoms with Gasteiger partial charge in [0.1, 0.15) is 17.1 Å². The van der Waals surface area contributed by atoms with Gasteiger partial charge in [-0.3, -0.25) is 9.59 Å². The lowest BCUT2D eigenvalue weighted by Gasteiger charge is -2.27. The second-order valence-electron chi connectivity index (χ2n) is 8.32. The molecule has 0 aliphatic carbocycles. The molecule has 1 amide bonds. The third kappa shape index (κ3) is 5.14. The molecule has 1 fully saturated rings. The van der Waals surface area contributed by atoms with Crippen LogP contribution in [-0.4, -0.2) is 64.9 Å². The number of fused-ring (bicyclic) bond motifs is 1. The van der Waals surface area contributed by atoms with Gasteiger partial charge in [0.2, 0.25) is 0 Å². The van der Waals surface area contributed by atoms with Crippen LogP contribution in [0.15, 0.2) is 45.6 Å². The lowest BCUT2D eigenvalue weighted by atomic mass is 10.0. The van der Waals surface area contributed by atoms with Crippen LogP contribution in [0.25, 0.3) is 11.0 Å². The van der Waals surface area contributed by atoms with Gasteiger partial charge in [-0.1, -0.05) is 0 Å². The third-order valence-electron chi connectivity index (χ3n) is 5.70. The number of nitrogens with zero attached hydrogens (tertiary/aromatic N) is 2. The highest BCUT2D eigenvalue weighted by atomic mass is 19.1. The zero-order valence-electron chi connectivity index (χ0n) is 19.5. The number of halogens is 1. The van der Waals surface area contributed by atoms with Crippen molar-refractivity contribution in [2.45, 2.75) is 6.42 Å². The van der Waals surface area contributed by atoms with E-state index in [0.29, 0.717) is 78.7 Å². The van der Waals surface area contributed by atoms with E-state index in [2.05, 4.69) is 5.32 Å². The number of hydrogen-bond donors (Lipinski definition) is 1. The van der Waals surface area contributed by atoms with Gasteiger partial charge in [0, 0.05) is 63.2 Å². The van der Waals surface area contributed by atoms with Crippen molar-refractivity contribution in [3.63, 3.8) is 0 Å². The molecule has 1 saturated heterocycles. The van der Waals surface area contributed by atoms with Crippen molar-refractivity contribution >= 4 is 28.4 Å². The topological polar surface area (TPSA) is 84.2 Å². The number of ether oxygens (including phenoxy) is 2. The summed E-state index contributed by atoms with van der Waals surface area (Å²) in [6.45, 7) is 2.80. The van der Waals surface area contributed by atoms with E-state index in [9.17, 15) is 14.0 Å². The zero-order chi connectivity index (χ0) is 24.2. The highest BCUT2D eigenvalue weighted by Crippen LogP contribution is 2.26. The van der Waals surface area contributed by atoms with E-state index in [1.807, 2.05) is 4.90 Å². The van der Waals surface area contributed by atoms with Crippen LogP contribution in [0, 0.1) is 5.82 Å². The van der Waals surface area contributed by atoms with Crippen LogP contribution >= 0.6 is 0 Å². The molecule has 4 rings (SSSR count). The molecule has 1 N–H and O–H groups in total. The number of hydrogen-bond acceptors (Lipinski definition) is 7. The summed E-state index contributed by atoms with van der Waals surface area (Å²) in [5.74, 6) is 0.277. The molecule has 1 aliphatic rings. The monoisotopic (exact) mass is 469 g/mol. The molecule has 3 aromatic rings. The number of methoxy groups -OCH3 is 1. The summed E-state index contributed by atoms with van der Waals surface area (Å²) in [4.78, 5) is 29.1. The van der Waals surface area contributed by atoms with E-state index < -0.39 is 5.82 Å². The van der Waals surface area contributed by atoms with Crippen LogP contribution in [0.5, 0.6) is 5.75 Å². The minimum atomic E-state index is -0.410. The van der Waals surface area contributed by atoms with Crippen molar-refractivity contribution in [1.29, 1.82) is 0 Å². The molecule has 1 aromatic heterocycles. The molecule has 0 bridgehead atoms. The minimum Gasteiger partial charge on any atom is -0.497 e. The molecule has 0 spiro atoms. The zero-order valence-corrected chi connectivity index (χ0v) is 19.5. The molecule has 0 saturated carbocycles. The van der Waals surface area contributed by atoms with E-state index in [4.69, 9.17) is 13.9 Å². The number of morpholine rings is 1. The van der Waals surface area contributed by atoms with Gasteiger partial charge in [0.25, 0.3) is 5.91 Å². The number of anilines is 2. The third-order valence-corrected chi connectivity index (χ3v) is 5.70. The summed E-state index contributed by atoms with van der Waals surface area (Å²) < 4.78 is 30.6. The Morgan fingerprint density at radius 2 is 1.91 bits per heavy atom. The maximum atomic E-state index is 13.8. The maximum absolute atomic E-state index is 13.8. The first-order chi connectivity index (χ1) is 16.4. The van der Waals surface area contributed by atoms with E-state index in [1.165, 1.54) is 30.2 Å². The van der Waals surface area contributed by atoms with Crippen LogP contribution in [-0.2, 0) is 11.2 Å². The van der Waals surface area contributed by atoms with Crippen molar-refractivity contribution < 1.29 is 23.1 Å². The number of nitrogens with one attached hydrogen (secondary N) is 1. The molecule has 0 unspecified atom stereocenters. The van der Waals surface area contributed by atoms with Gasteiger partial charge < -0.3 is 29.0 Å². The van der Waals surface area contributed by atoms with E-state index in [0.717, 1.165) is 0 Å². The van der Waals surface area contributed by atoms with E-state index >= 15 is 0 Å². The Labute approximate surface area is 196 Å². The summed E-state index contributed by atoms with van der Waals surface area (Å²) in [7, 11) is 4.80. The summed E-state index contributed by atoms with van der Waals surface area (Å²) >= 11 is 0. The molecular weight excluding hydrogens is 441 g/mol. The number of amides is 1. The van der Waals surface area contributed by atoms with E-state index in [1.54, 1.807) is 32.3 Å². The summed E-state index contributed by atoms with van der Waals surface area (Å²) in [6, 6.07) is 9.19. The van der Waals surface area contributed by atoms with Crippen LogP contribution in [0.2, 0.25) is 0 Å². The molecular formula is C25H28FN3O5. The Hall–Kier alpha value is -3.59. The largest absolute Gasteiger partial charge is 0.497 e. The molecule has 1 aliphatic heterocycles. The van der Waals surface area contributed by atoms with Gasteiger partial charge in [-0.05, 0) is 30.2 Å². The van der Waals surface area contributed by atoms with Crippen LogP contribution in [0.1, 0.15) is 15.9 Å². The van der Waals surface area contributed by atoms with Crippen molar-refractivity contribution in [2.24, 2.45) is 0 Å². The van der Waals surface area contributed by atoms with Gasteiger partial charge in [-0.2, -0.15) is 0 Å². The molecule has 34 heavy (non-hydrogen) atoms. The Kier molecular flexibility index (Phi) is 7.02. The lowest BCUT2D eigenvalue weighted by Crippen LogP contribution is -2.36. The smallest absolute Gasteiger partial charge is 0.253 e. The van der Waals surface area contributed by atoms with Crippen molar-refractivity contribution in [3.05, 3.63) is 63.6 Å². The van der Waals surface area contributed by atoms with Gasteiger partial charge in [0.15, 0.2) is 11.3 Å². The fourth-order valence-corrected chi connectivity index (χ4v) is 3.95. The first-order valence-electron chi connectivity index (χ1n) is 11.1. The summed E-state index contributed by atoms with van der Waals surface area (Å²) in [6.07, 6.45) is 0.444. The number of carbonyl (C=O) groups is 1. The average molecular weight is 470 g/mol. The Balaban J connectivity index is 1.69. The minimum absolute atomic E-state index is 0.206. The fourth-order valence-electron chi connectivity index (χ4n) is 3.95. The van der Waals surface area contributed by atoms with Crippen molar-refractivity contribution in [1.82, 2.24) is 4.90 Å². The van der Waals surface area contributed by atoms with E-state index in [-0.39, 0.29) is 11.3 Å². The number of benzene rings is 2. The predicted octanol–water partition coefficient (Wildman–Crippen LogP) is 3.13. The molecule has 180 valence electrons. The second-order valence-corrected chi connectivity index (χ2v) is 8.32. The van der Waals surface area contributed by atoms with Gasteiger partial charge in [-0.25, -0.2) is 4.39 Å². The molecule has 0 radical (unpaired) electrons. The Morgan fingerprint density at radius 3 is 2.62 bits per heavy atom. The fraction of sp³-hybridized carbons (Fsp3) is 0.360. The molecule has 2 aromatic carbocycles. The van der Waals surface area contributed by atoms with Gasteiger partial charge in [-0.15, -0.1) is 0 Å². The summed E-state index contributed by atoms with van der Waals surface area (Å²) in [5.41, 5.74) is 1.93. The lowest BCUT2D eigenvalue weighted by molar-refractivity contribution is 0.0827. The average Bonchev–Trinajstić information content (AvgIpc) is 2.83. The van der Waals surface area contributed by atoms with Crippen LogP contribution in [0.3, 0.4) is 0 Å². The highest BCUT2D eigenvalue weighted by molar-refractivity contribution is 5.98. The number of rotatable bonds is 7. The SMILES string of the molecule is COc1cc(F)cc(NCCc2cc(C(=O)N(C)C)cc3c(=O)cc(N4CCOCC4)oc23)c1. The predicted molar refractivity (Wildman–Crippen MR) is 129 cm³/mol.